The number of aryl methyl sites for hydroxylation is 1. The van der Waals surface area contributed by atoms with Crippen LogP contribution in [0.15, 0.2) is 41.8 Å². The van der Waals surface area contributed by atoms with Gasteiger partial charge in [0.2, 0.25) is 5.91 Å². The lowest BCUT2D eigenvalue weighted by Crippen LogP contribution is -2.48. The molecule has 3 rings (SSSR count). The maximum absolute atomic E-state index is 12.5. The predicted octanol–water partition coefficient (Wildman–Crippen LogP) is 2.91. The number of thioether (sulfide) groups is 1. The van der Waals surface area contributed by atoms with Crippen molar-refractivity contribution in [2.45, 2.75) is 38.1 Å². The van der Waals surface area contributed by atoms with Crippen LogP contribution in [0, 0.1) is 6.92 Å². The largest absolute Gasteiger partial charge is 0.372 e. The van der Waals surface area contributed by atoms with Gasteiger partial charge in [-0.15, -0.1) is 0 Å². The summed E-state index contributed by atoms with van der Waals surface area (Å²) in [5.74, 6) is 0.531. The monoisotopic (exact) mass is 345 g/mol. The number of aromatic nitrogens is 2. The van der Waals surface area contributed by atoms with Gasteiger partial charge in [0, 0.05) is 31.2 Å². The summed E-state index contributed by atoms with van der Waals surface area (Å²) in [7, 11) is 0. The van der Waals surface area contributed by atoms with Gasteiger partial charge in [-0.05, 0) is 38.5 Å². The lowest BCUT2D eigenvalue weighted by atomic mass is 10.2. The van der Waals surface area contributed by atoms with Gasteiger partial charge in [-0.3, -0.25) is 9.36 Å². The van der Waals surface area contributed by atoms with Crippen molar-refractivity contribution in [1.29, 1.82) is 0 Å². The molecule has 6 heteroatoms. The molecule has 24 heavy (non-hydrogen) atoms. The summed E-state index contributed by atoms with van der Waals surface area (Å²) < 4.78 is 7.71. The molecule has 1 aliphatic rings. The Morgan fingerprint density at radius 2 is 2.08 bits per heavy atom. The lowest BCUT2D eigenvalue weighted by molar-refractivity contribution is -0.140. The number of nitrogens with zero attached hydrogens (tertiary/aromatic N) is 3. The number of carbonyl (C=O) groups is 1. The fourth-order valence-electron chi connectivity index (χ4n) is 2.97. The Balaban J connectivity index is 1.65. The highest BCUT2D eigenvalue weighted by molar-refractivity contribution is 7.99. The maximum atomic E-state index is 12.5. The minimum absolute atomic E-state index is 0.0944. The van der Waals surface area contributed by atoms with Crippen molar-refractivity contribution in [2.24, 2.45) is 0 Å². The van der Waals surface area contributed by atoms with Crippen molar-refractivity contribution >= 4 is 17.7 Å². The highest BCUT2D eigenvalue weighted by Gasteiger charge is 2.26. The number of imidazole rings is 1. The number of rotatable bonds is 4. The average molecular weight is 345 g/mol. The number of morpholine rings is 1. The Kier molecular flexibility index (Phi) is 5.26. The topological polar surface area (TPSA) is 47.4 Å². The van der Waals surface area contributed by atoms with Gasteiger partial charge in [0.1, 0.15) is 0 Å². The highest BCUT2D eigenvalue weighted by atomic mass is 32.2. The second-order valence-corrected chi connectivity index (χ2v) is 7.21. The summed E-state index contributed by atoms with van der Waals surface area (Å²) in [5, 5.41) is 0.836. The van der Waals surface area contributed by atoms with Crippen LogP contribution in [0.2, 0.25) is 0 Å². The molecular formula is C18H23N3O2S. The number of amides is 1. The minimum atomic E-state index is 0.0944. The van der Waals surface area contributed by atoms with Crippen molar-refractivity contribution in [3.63, 3.8) is 0 Å². The number of ether oxygens (including phenoxy) is 1. The molecule has 1 saturated heterocycles. The van der Waals surface area contributed by atoms with Gasteiger partial charge in [0.25, 0.3) is 0 Å². The Morgan fingerprint density at radius 1 is 1.33 bits per heavy atom. The van der Waals surface area contributed by atoms with E-state index in [1.807, 2.05) is 41.6 Å². The summed E-state index contributed by atoms with van der Waals surface area (Å²) in [4.78, 5) is 18.8. The Labute approximate surface area is 147 Å². The van der Waals surface area contributed by atoms with Crippen molar-refractivity contribution in [1.82, 2.24) is 14.5 Å². The molecule has 2 atom stereocenters. The second kappa shape index (κ2) is 7.40. The molecule has 2 unspecified atom stereocenters. The summed E-state index contributed by atoms with van der Waals surface area (Å²) in [6, 6.07) is 8.25. The van der Waals surface area contributed by atoms with Crippen LogP contribution in [-0.4, -0.2) is 51.4 Å². The summed E-state index contributed by atoms with van der Waals surface area (Å²) in [6.07, 6.45) is 3.89. The maximum Gasteiger partial charge on any atom is 0.233 e. The first-order valence-corrected chi connectivity index (χ1v) is 9.18. The third-order valence-corrected chi connectivity index (χ3v) is 4.94. The molecule has 0 bridgehead atoms. The minimum Gasteiger partial charge on any atom is -0.372 e. The fourth-order valence-corrected chi connectivity index (χ4v) is 3.85. The van der Waals surface area contributed by atoms with Gasteiger partial charge in [-0.1, -0.05) is 23.9 Å². The van der Waals surface area contributed by atoms with Crippen molar-refractivity contribution in [3.8, 4) is 5.69 Å². The standard InChI is InChI=1S/C18H23N3O2S/c1-13-5-4-6-16(9-13)21-8-7-19-18(21)24-12-17(22)20-10-14(2)23-15(3)11-20/h4-9,14-15H,10-12H2,1-3H3. The molecule has 2 aromatic rings. The van der Waals surface area contributed by atoms with Crippen LogP contribution in [-0.2, 0) is 9.53 Å². The summed E-state index contributed by atoms with van der Waals surface area (Å²) >= 11 is 1.48. The Morgan fingerprint density at radius 3 is 2.79 bits per heavy atom. The molecule has 0 saturated carbocycles. The molecule has 2 heterocycles. The van der Waals surface area contributed by atoms with E-state index in [4.69, 9.17) is 4.74 Å². The molecule has 0 spiro atoms. The zero-order valence-electron chi connectivity index (χ0n) is 14.3. The van der Waals surface area contributed by atoms with Gasteiger partial charge in [0.15, 0.2) is 5.16 Å². The average Bonchev–Trinajstić information content (AvgIpc) is 3.00. The van der Waals surface area contributed by atoms with Crippen LogP contribution in [0.1, 0.15) is 19.4 Å². The Bertz CT molecular complexity index is 706. The van der Waals surface area contributed by atoms with Gasteiger partial charge < -0.3 is 9.64 Å². The van der Waals surface area contributed by atoms with E-state index in [0.29, 0.717) is 18.8 Å². The van der Waals surface area contributed by atoms with E-state index >= 15 is 0 Å². The third-order valence-electron chi connectivity index (χ3n) is 3.98. The number of benzene rings is 1. The van der Waals surface area contributed by atoms with Gasteiger partial charge in [-0.25, -0.2) is 4.98 Å². The van der Waals surface area contributed by atoms with E-state index in [-0.39, 0.29) is 18.1 Å². The zero-order valence-corrected chi connectivity index (χ0v) is 15.1. The highest BCUT2D eigenvalue weighted by Crippen LogP contribution is 2.22. The van der Waals surface area contributed by atoms with Crippen LogP contribution in [0.4, 0.5) is 0 Å². The van der Waals surface area contributed by atoms with Gasteiger partial charge >= 0.3 is 0 Å². The third kappa shape index (κ3) is 3.99. The molecule has 0 radical (unpaired) electrons. The van der Waals surface area contributed by atoms with E-state index in [0.717, 1.165) is 10.8 Å². The van der Waals surface area contributed by atoms with Crippen LogP contribution in [0.5, 0.6) is 0 Å². The summed E-state index contributed by atoms with van der Waals surface area (Å²) in [5.41, 5.74) is 2.26. The molecule has 1 fully saturated rings. The molecule has 0 N–H and O–H groups in total. The van der Waals surface area contributed by atoms with Crippen molar-refractivity contribution in [3.05, 3.63) is 42.2 Å². The van der Waals surface area contributed by atoms with Crippen molar-refractivity contribution in [2.75, 3.05) is 18.8 Å². The number of carbonyl (C=O) groups excluding carboxylic acids is 1. The smallest absolute Gasteiger partial charge is 0.233 e. The van der Waals surface area contributed by atoms with Crippen LogP contribution in [0.25, 0.3) is 5.69 Å². The molecular weight excluding hydrogens is 322 g/mol. The molecule has 128 valence electrons. The van der Waals surface area contributed by atoms with E-state index in [1.165, 1.54) is 17.3 Å². The first kappa shape index (κ1) is 17.0. The van der Waals surface area contributed by atoms with E-state index in [9.17, 15) is 4.79 Å². The van der Waals surface area contributed by atoms with Crippen LogP contribution >= 0.6 is 11.8 Å². The molecule has 1 aliphatic heterocycles. The normalized spacial score (nSPS) is 21.0. The lowest BCUT2D eigenvalue weighted by Gasteiger charge is -2.35. The SMILES string of the molecule is Cc1cccc(-n2ccnc2SCC(=O)N2CC(C)OC(C)C2)c1. The molecule has 1 aromatic heterocycles. The summed E-state index contributed by atoms with van der Waals surface area (Å²) in [6.45, 7) is 7.41. The van der Waals surface area contributed by atoms with Crippen LogP contribution < -0.4 is 0 Å². The number of hydrogen-bond acceptors (Lipinski definition) is 4. The molecule has 1 amide bonds. The van der Waals surface area contributed by atoms with E-state index < -0.39 is 0 Å². The van der Waals surface area contributed by atoms with E-state index in [1.54, 1.807) is 6.20 Å². The quantitative estimate of drug-likeness (QED) is 0.800. The zero-order chi connectivity index (χ0) is 17.1. The van der Waals surface area contributed by atoms with E-state index in [2.05, 4.69) is 24.0 Å². The number of hydrogen-bond donors (Lipinski definition) is 0. The van der Waals surface area contributed by atoms with Crippen LogP contribution in [0.3, 0.4) is 0 Å². The molecule has 0 aliphatic carbocycles. The van der Waals surface area contributed by atoms with Crippen molar-refractivity contribution < 1.29 is 9.53 Å². The first-order chi connectivity index (χ1) is 11.5. The first-order valence-electron chi connectivity index (χ1n) is 8.19. The molecule has 5 nitrogen and oxygen atoms in total. The second-order valence-electron chi connectivity index (χ2n) is 6.26. The Hall–Kier alpha value is -1.79. The molecule has 1 aromatic carbocycles. The van der Waals surface area contributed by atoms with Gasteiger partial charge in [-0.2, -0.15) is 0 Å². The van der Waals surface area contributed by atoms with Gasteiger partial charge in [0.05, 0.1) is 18.0 Å². The fraction of sp³-hybridized carbons (Fsp3) is 0.444. The predicted molar refractivity (Wildman–Crippen MR) is 95.6 cm³/mol.